The van der Waals surface area contributed by atoms with E-state index in [4.69, 9.17) is 11.5 Å². The maximum absolute atomic E-state index is 12.8. The molecule has 2 atom stereocenters. The van der Waals surface area contributed by atoms with Gasteiger partial charge in [-0.25, -0.2) is 9.78 Å². The lowest BCUT2D eigenvalue weighted by Gasteiger charge is -2.49. The smallest absolute Gasteiger partial charge is 0.352 e. The maximum Gasteiger partial charge on any atom is 0.352 e. The fraction of sp³-hybridized carbons (Fsp3) is 0.353. The number of thiazole rings is 1. The molecule has 0 spiro atoms. The number of nitrogens with one attached hydrogen (secondary N) is 1. The number of anilines is 1. The number of fused-ring (bicyclic) bond motifs is 1. The van der Waals surface area contributed by atoms with Crippen LogP contribution >= 0.6 is 58.0 Å². The summed E-state index contributed by atoms with van der Waals surface area (Å²) in [6.45, 7) is 0. The van der Waals surface area contributed by atoms with Crippen molar-refractivity contribution in [3.05, 3.63) is 22.3 Å². The summed E-state index contributed by atoms with van der Waals surface area (Å²) in [6.07, 6.45) is -0.0139. The Hall–Kier alpha value is -2.34. The number of hydrogen-bond acceptors (Lipinski definition) is 13. The van der Waals surface area contributed by atoms with Gasteiger partial charge in [-0.3, -0.25) is 19.3 Å². The van der Waals surface area contributed by atoms with Crippen LogP contribution in [0.2, 0.25) is 0 Å². The summed E-state index contributed by atoms with van der Waals surface area (Å²) in [5, 5.41) is 22.0. The molecule has 0 aromatic carbocycles. The highest BCUT2D eigenvalue weighted by atomic mass is 32.2. The summed E-state index contributed by atoms with van der Waals surface area (Å²) < 4.78 is 1.20. The standard InChI is InChI=1S/C17H17N7O5S5/c18-8(25)5-33-17-23-22-16(34-17)32-3-6-2-30-13-10(12(27)24(13)11(6)14(28)29)21-9(26)1-7-4-31-15(19)20-7/h4,10,13H,1-3,5H2,(H2,18,25)(H2,19,20)(H,21,26)(H,28,29)/t10?,13-/m0/s1. The van der Waals surface area contributed by atoms with Crippen LogP contribution in [-0.4, -0.2) is 77.6 Å². The number of nitrogens with zero attached hydrogens (tertiary/aromatic N) is 4. The summed E-state index contributed by atoms with van der Waals surface area (Å²) in [4.78, 5) is 53.2. The van der Waals surface area contributed by atoms with Crippen LogP contribution < -0.4 is 16.8 Å². The minimum Gasteiger partial charge on any atom is -0.477 e. The highest BCUT2D eigenvalue weighted by Crippen LogP contribution is 2.42. The van der Waals surface area contributed by atoms with Crippen LogP contribution in [0.25, 0.3) is 0 Å². The molecular formula is C17H17N7O5S5. The van der Waals surface area contributed by atoms with Crippen LogP contribution in [0.15, 0.2) is 25.3 Å². The third-order valence-corrected chi connectivity index (χ3v) is 9.93. The van der Waals surface area contributed by atoms with E-state index in [9.17, 15) is 24.3 Å². The van der Waals surface area contributed by atoms with Crippen LogP contribution in [0.5, 0.6) is 0 Å². The minimum absolute atomic E-state index is 0.0139. The summed E-state index contributed by atoms with van der Waals surface area (Å²) in [7, 11) is 0. The predicted molar refractivity (Wildman–Crippen MR) is 130 cm³/mol. The third-order valence-electron chi connectivity index (χ3n) is 4.57. The van der Waals surface area contributed by atoms with Crippen molar-refractivity contribution in [2.24, 2.45) is 5.73 Å². The number of thioether (sulfide) groups is 3. The Kier molecular flexibility index (Phi) is 7.66. The summed E-state index contributed by atoms with van der Waals surface area (Å²) in [5.74, 6) is -1.72. The van der Waals surface area contributed by atoms with Gasteiger partial charge in [-0.1, -0.05) is 34.9 Å². The van der Waals surface area contributed by atoms with Crippen LogP contribution in [-0.2, 0) is 25.6 Å². The van der Waals surface area contributed by atoms with Gasteiger partial charge in [-0.2, -0.15) is 0 Å². The second-order valence-electron chi connectivity index (χ2n) is 6.94. The molecule has 12 nitrogen and oxygen atoms in total. The zero-order chi connectivity index (χ0) is 24.4. The monoisotopic (exact) mass is 559 g/mol. The molecule has 2 aromatic rings. The highest BCUT2D eigenvalue weighted by molar-refractivity contribution is 8.03. The van der Waals surface area contributed by atoms with Gasteiger partial charge in [0.05, 0.1) is 17.9 Å². The molecular weight excluding hydrogens is 543 g/mol. The second kappa shape index (κ2) is 10.5. The van der Waals surface area contributed by atoms with Crippen molar-refractivity contribution in [1.29, 1.82) is 0 Å². The van der Waals surface area contributed by atoms with Gasteiger partial charge in [-0.15, -0.1) is 33.3 Å². The Balaban J connectivity index is 1.38. The molecule has 180 valence electrons. The van der Waals surface area contributed by atoms with Gasteiger partial charge < -0.3 is 21.9 Å². The van der Waals surface area contributed by atoms with Crippen molar-refractivity contribution >= 4 is 86.8 Å². The van der Waals surface area contributed by atoms with E-state index >= 15 is 0 Å². The summed E-state index contributed by atoms with van der Waals surface area (Å²) in [5.41, 5.74) is 11.7. The summed E-state index contributed by atoms with van der Waals surface area (Å²) in [6, 6.07) is -0.801. The molecule has 34 heavy (non-hydrogen) atoms. The molecule has 1 unspecified atom stereocenters. The Morgan fingerprint density at radius 1 is 1.26 bits per heavy atom. The van der Waals surface area contributed by atoms with E-state index in [1.807, 2.05) is 0 Å². The van der Waals surface area contributed by atoms with Gasteiger partial charge in [0.1, 0.15) is 17.1 Å². The van der Waals surface area contributed by atoms with Crippen LogP contribution in [0.4, 0.5) is 5.13 Å². The van der Waals surface area contributed by atoms with E-state index in [1.165, 1.54) is 62.9 Å². The van der Waals surface area contributed by atoms with E-state index in [0.29, 0.717) is 36.6 Å². The number of aliphatic carboxylic acids is 1. The average molecular weight is 560 g/mol. The van der Waals surface area contributed by atoms with Gasteiger partial charge in [0.15, 0.2) is 13.8 Å². The van der Waals surface area contributed by atoms with E-state index in [1.54, 1.807) is 5.38 Å². The van der Waals surface area contributed by atoms with E-state index < -0.39 is 29.2 Å². The number of primary amides is 1. The number of rotatable bonds is 10. The van der Waals surface area contributed by atoms with Crippen molar-refractivity contribution in [3.63, 3.8) is 0 Å². The number of carboxylic acid groups (broad SMARTS) is 1. The molecule has 6 N–H and O–H groups in total. The van der Waals surface area contributed by atoms with Crippen LogP contribution in [0, 0.1) is 0 Å². The molecule has 4 heterocycles. The number of β-lactam (4-membered cyclic amide) rings is 1. The fourth-order valence-corrected chi connectivity index (χ4v) is 7.99. The molecule has 2 aliphatic rings. The molecule has 1 saturated heterocycles. The van der Waals surface area contributed by atoms with Crippen molar-refractivity contribution < 1.29 is 24.3 Å². The van der Waals surface area contributed by atoms with Crippen molar-refractivity contribution in [2.75, 3.05) is 23.0 Å². The maximum atomic E-state index is 12.8. The Labute approximate surface area is 213 Å². The second-order valence-corrected chi connectivity index (χ2v) is 12.4. The van der Waals surface area contributed by atoms with Crippen molar-refractivity contribution in [1.82, 2.24) is 25.4 Å². The number of carboxylic acids is 1. The summed E-state index contributed by atoms with van der Waals surface area (Å²) >= 11 is 6.38. The first-order valence-corrected chi connectivity index (χ1v) is 14.2. The minimum atomic E-state index is -1.20. The first kappa shape index (κ1) is 24.8. The number of nitrogens with two attached hydrogens (primary N) is 2. The zero-order valence-electron chi connectivity index (χ0n) is 17.1. The molecule has 0 aliphatic carbocycles. The number of amides is 3. The molecule has 0 bridgehead atoms. The fourth-order valence-electron chi connectivity index (χ4n) is 3.18. The van der Waals surface area contributed by atoms with Crippen LogP contribution in [0.1, 0.15) is 5.69 Å². The predicted octanol–water partition coefficient (Wildman–Crippen LogP) is 0.228. The zero-order valence-corrected chi connectivity index (χ0v) is 21.2. The third kappa shape index (κ3) is 5.48. The van der Waals surface area contributed by atoms with E-state index in [0.717, 1.165) is 0 Å². The number of aromatic nitrogens is 3. The Bertz CT molecular complexity index is 1180. The topological polar surface area (TPSA) is 194 Å². The highest BCUT2D eigenvalue weighted by Gasteiger charge is 2.54. The lowest BCUT2D eigenvalue weighted by Crippen LogP contribution is -2.70. The van der Waals surface area contributed by atoms with Crippen LogP contribution in [0.3, 0.4) is 0 Å². The number of nitrogen functional groups attached to an aromatic ring is 1. The molecule has 1 fully saturated rings. The molecule has 0 radical (unpaired) electrons. The SMILES string of the molecule is NC(=O)CSc1nnc(SCC2=C(C(=O)O)N3C(=O)C(NC(=O)Cc4csc(N)n4)[C@@H]3SC2)s1. The first-order chi connectivity index (χ1) is 16.2. The van der Waals surface area contributed by atoms with Gasteiger partial charge in [0.2, 0.25) is 11.8 Å². The number of hydrogen-bond donors (Lipinski definition) is 4. The van der Waals surface area contributed by atoms with Crippen molar-refractivity contribution in [3.8, 4) is 0 Å². The van der Waals surface area contributed by atoms with Crippen molar-refractivity contribution in [2.45, 2.75) is 26.5 Å². The molecule has 0 saturated carbocycles. The molecule has 4 rings (SSSR count). The molecule has 17 heteroatoms. The number of carbonyl (C=O) groups excluding carboxylic acids is 3. The molecule has 2 aromatic heterocycles. The largest absolute Gasteiger partial charge is 0.477 e. The quantitative estimate of drug-likeness (QED) is 0.229. The average Bonchev–Trinajstić information content (AvgIpc) is 3.42. The van der Waals surface area contributed by atoms with E-state index in [-0.39, 0.29) is 23.8 Å². The lowest BCUT2D eigenvalue weighted by atomic mass is 10.0. The Morgan fingerprint density at radius 2 is 2.00 bits per heavy atom. The molecule has 2 aliphatic heterocycles. The first-order valence-electron chi connectivity index (χ1n) is 9.49. The molecule has 3 amide bonds. The Morgan fingerprint density at radius 3 is 2.65 bits per heavy atom. The van der Waals surface area contributed by atoms with Gasteiger partial charge in [0.25, 0.3) is 5.91 Å². The van der Waals surface area contributed by atoms with Gasteiger partial charge in [-0.05, 0) is 5.57 Å². The number of carbonyl (C=O) groups is 4. The lowest BCUT2D eigenvalue weighted by molar-refractivity contribution is -0.150. The van der Waals surface area contributed by atoms with Gasteiger partial charge in [0, 0.05) is 16.9 Å². The van der Waals surface area contributed by atoms with E-state index in [2.05, 4.69) is 20.5 Å². The van der Waals surface area contributed by atoms with Gasteiger partial charge >= 0.3 is 5.97 Å². The normalized spacial score (nSPS) is 19.5.